The smallest absolute Gasteiger partial charge is 0.344 e. The summed E-state index contributed by atoms with van der Waals surface area (Å²) >= 11 is 0. The highest BCUT2D eigenvalue weighted by molar-refractivity contribution is 5.90. The molecule has 5 N–H and O–H groups in total. The van der Waals surface area contributed by atoms with Crippen LogP contribution in [0.3, 0.4) is 0 Å². The second kappa shape index (κ2) is 17.1. The van der Waals surface area contributed by atoms with Gasteiger partial charge in [-0.2, -0.15) is 4.99 Å². The first kappa shape index (κ1) is 21.7. The zero-order valence-electron chi connectivity index (χ0n) is 14.8. The minimum Gasteiger partial charge on any atom is -0.381 e. The van der Waals surface area contributed by atoms with Crippen LogP contribution in [0.5, 0.6) is 0 Å². The first-order valence-electron chi connectivity index (χ1n) is 9.12. The van der Waals surface area contributed by atoms with Crippen LogP contribution in [0.4, 0.5) is 4.79 Å². The molecule has 0 unspecified atom stereocenters. The second-order valence-corrected chi connectivity index (χ2v) is 5.92. The molecule has 0 aromatic rings. The minimum atomic E-state index is -0.500. The fraction of sp³-hybridized carbons (Fsp3) is 0.882. The number of unbranched alkanes of at least 4 members (excludes halogenated alkanes) is 9. The van der Waals surface area contributed by atoms with Crippen molar-refractivity contribution in [2.75, 3.05) is 19.8 Å². The van der Waals surface area contributed by atoms with Crippen molar-refractivity contribution in [3.8, 4) is 0 Å². The average Bonchev–Trinajstić information content (AvgIpc) is 2.50. The number of hydrogen-bond donors (Lipinski definition) is 3. The van der Waals surface area contributed by atoms with Crippen LogP contribution in [0.15, 0.2) is 4.99 Å². The molecular formula is C17H36N4O2. The minimum absolute atomic E-state index is 0.222. The Balaban J connectivity index is 3.11. The summed E-state index contributed by atoms with van der Waals surface area (Å²) in [4.78, 5) is 14.5. The summed E-state index contributed by atoms with van der Waals surface area (Å²) in [5.74, 6) is -0.222. The van der Waals surface area contributed by atoms with Crippen molar-refractivity contribution in [1.29, 1.82) is 0 Å². The van der Waals surface area contributed by atoms with Crippen LogP contribution in [0.1, 0.15) is 77.6 Å². The average molecular weight is 329 g/mol. The van der Waals surface area contributed by atoms with E-state index in [1.165, 1.54) is 57.8 Å². The molecule has 0 spiro atoms. The summed E-state index contributed by atoms with van der Waals surface area (Å²) in [6.07, 6.45) is 14.1. The SMILES string of the molecule is CCCCCCCCCCCCOCCCNC(=O)N=C(N)N. The van der Waals surface area contributed by atoms with Crippen LogP contribution < -0.4 is 16.8 Å². The van der Waals surface area contributed by atoms with Crippen molar-refractivity contribution >= 4 is 12.0 Å². The second-order valence-electron chi connectivity index (χ2n) is 5.92. The number of ether oxygens (including phenoxy) is 1. The highest BCUT2D eigenvalue weighted by Gasteiger charge is 1.97. The number of urea groups is 1. The number of amides is 2. The highest BCUT2D eigenvalue weighted by Crippen LogP contribution is 2.10. The van der Waals surface area contributed by atoms with Gasteiger partial charge in [-0.25, -0.2) is 4.79 Å². The predicted molar refractivity (Wildman–Crippen MR) is 96.5 cm³/mol. The number of aliphatic imine (C=N–C) groups is 1. The lowest BCUT2D eigenvalue weighted by Gasteiger charge is -2.05. The summed E-state index contributed by atoms with van der Waals surface area (Å²) in [5, 5.41) is 2.59. The van der Waals surface area contributed by atoms with Gasteiger partial charge in [0.15, 0.2) is 5.96 Å². The number of carbonyl (C=O) groups excluding carboxylic acids is 1. The Kier molecular flexibility index (Phi) is 16.1. The molecule has 0 aliphatic heterocycles. The molecule has 0 aliphatic carbocycles. The van der Waals surface area contributed by atoms with Gasteiger partial charge < -0.3 is 21.5 Å². The molecule has 6 heteroatoms. The van der Waals surface area contributed by atoms with E-state index in [2.05, 4.69) is 17.2 Å². The van der Waals surface area contributed by atoms with Gasteiger partial charge in [0, 0.05) is 19.8 Å². The van der Waals surface area contributed by atoms with Gasteiger partial charge in [-0.3, -0.25) is 0 Å². The van der Waals surface area contributed by atoms with E-state index in [0.717, 1.165) is 19.4 Å². The van der Waals surface area contributed by atoms with Crippen molar-refractivity contribution in [1.82, 2.24) is 5.32 Å². The maximum atomic E-state index is 11.1. The van der Waals surface area contributed by atoms with Crippen molar-refractivity contribution in [2.45, 2.75) is 77.6 Å². The summed E-state index contributed by atoms with van der Waals surface area (Å²) in [6, 6.07) is -0.500. The molecule has 0 rings (SSSR count). The number of carbonyl (C=O) groups is 1. The first-order valence-corrected chi connectivity index (χ1v) is 9.12. The Morgan fingerprint density at radius 1 is 0.870 bits per heavy atom. The highest BCUT2D eigenvalue weighted by atomic mass is 16.5. The van der Waals surface area contributed by atoms with Gasteiger partial charge in [0.1, 0.15) is 0 Å². The fourth-order valence-corrected chi connectivity index (χ4v) is 2.32. The summed E-state index contributed by atoms with van der Waals surface area (Å²) in [7, 11) is 0. The van der Waals surface area contributed by atoms with Crippen LogP contribution in [0.25, 0.3) is 0 Å². The van der Waals surface area contributed by atoms with Crippen LogP contribution in [0.2, 0.25) is 0 Å². The molecule has 0 aromatic heterocycles. The van der Waals surface area contributed by atoms with E-state index < -0.39 is 6.03 Å². The van der Waals surface area contributed by atoms with Gasteiger partial charge in [0.2, 0.25) is 0 Å². The number of nitrogens with two attached hydrogens (primary N) is 2. The molecule has 136 valence electrons. The third-order valence-electron chi connectivity index (χ3n) is 3.61. The molecule has 0 saturated carbocycles. The van der Waals surface area contributed by atoms with E-state index in [4.69, 9.17) is 16.2 Å². The molecule has 0 bridgehead atoms. The number of nitrogens with zero attached hydrogens (tertiary/aromatic N) is 1. The largest absolute Gasteiger partial charge is 0.381 e. The number of rotatable bonds is 15. The molecule has 0 fully saturated rings. The molecule has 0 aromatic carbocycles. The Hall–Kier alpha value is -1.30. The van der Waals surface area contributed by atoms with Gasteiger partial charge in [-0.1, -0.05) is 64.7 Å². The maximum Gasteiger partial charge on any atom is 0.344 e. The van der Waals surface area contributed by atoms with Crippen molar-refractivity contribution in [3.05, 3.63) is 0 Å². The normalized spacial score (nSPS) is 10.5. The topological polar surface area (TPSA) is 103 Å². The third-order valence-corrected chi connectivity index (χ3v) is 3.61. The molecule has 0 atom stereocenters. The molecule has 0 aliphatic rings. The lowest BCUT2D eigenvalue weighted by molar-refractivity contribution is 0.127. The summed E-state index contributed by atoms with van der Waals surface area (Å²) < 4.78 is 5.53. The van der Waals surface area contributed by atoms with Gasteiger partial charge >= 0.3 is 6.03 Å². The van der Waals surface area contributed by atoms with E-state index in [1.807, 2.05) is 0 Å². The molecule has 2 amide bonds. The van der Waals surface area contributed by atoms with E-state index in [9.17, 15) is 4.79 Å². The number of hydrogen-bond acceptors (Lipinski definition) is 2. The lowest BCUT2D eigenvalue weighted by atomic mass is 10.1. The standard InChI is InChI=1S/C17H36N4O2/c1-2-3-4-5-6-7-8-9-10-11-14-23-15-12-13-20-17(22)21-16(18)19/h2-15H2,1H3,(H5,18,19,20,21,22). The van der Waals surface area contributed by atoms with Crippen molar-refractivity contribution in [3.63, 3.8) is 0 Å². The van der Waals surface area contributed by atoms with E-state index >= 15 is 0 Å². The number of nitrogens with one attached hydrogen (secondary N) is 1. The molecule has 0 radical (unpaired) electrons. The van der Waals surface area contributed by atoms with Crippen molar-refractivity contribution in [2.24, 2.45) is 16.5 Å². The van der Waals surface area contributed by atoms with Crippen LogP contribution in [0, 0.1) is 0 Å². The third kappa shape index (κ3) is 18.7. The van der Waals surface area contributed by atoms with Gasteiger partial charge in [-0.05, 0) is 12.8 Å². The van der Waals surface area contributed by atoms with Crippen LogP contribution >= 0.6 is 0 Å². The molecule has 23 heavy (non-hydrogen) atoms. The monoisotopic (exact) mass is 328 g/mol. The molecule has 0 saturated heterocycles. The van der Waals surface area contributed by atoms with Gasteiger partial charge in [-0.15, -0.1) is 0 Å². The molecule has 0 heterocycles. The molecular weight excluding hydrogens is 292 g/mol. The lowest BCUT2D eigenvalue weighted by Crippen LogP contribution is -2.29. The zero-order valence-corrected chi connectivity index (χ0v) is 14.8. The fourth-order valence-electron chi connectivity index (χ4n) is 2.32. The summed E-state index contributed by atoms with van der Waals surface area (Å²) in [5.41, 5.74) is 10.2. The zero-order chi connectivity index (χ0) is 17.2. The molecule has 6 nitrogen and oxygen atoms in total. The van der Waals surface area contributed by atoms with Crippen LogP contribution in [-0.4, -0.2) is 31.7 Å². The first-order chi connectivity index (χ1) is 11.2. The van der Waals surface area contributed by atoms with Gasteiger partial charge in [0.05, 0.1) is 0 Å². The predicted octanol–water partition coefficient (Wildman–Crippen LogP) is 3.30. The summed E-state index contributed by atoms with van der Waals surface area (Å²) in [6.45, 7) is 4.23. The Morgan fingerprint density at radius 3 is 1.96 bits per heavy atom. The number of guanidine groups is 1. The van der Waals surface area contributed by atoms with E-state index in [-0.39, 0.29) is 5.96 Å². The maximum absolute atomic E-state index is 11.1. The van der Waals surface area contributed by atoms with Gasteiger partial charge in [0.25, 0.3) is 0 Å². The quantitative estimate of drug-likeness (QED) is 0.244. The Morgan fingerprint density at radius 2 is 1.39 bits per heavy atom. The Bertz CT molecular complexity index is 305. The van der Waals surface area contributed by atoms with Crippen LogP contribution in [-0.2, 0) is 4.74 Å². The van der Waals surface area contributed by atoms with E-state index in [1.54, 1.807) is 0 Å². The van der Waals surface area contributed by atoms with Crippen molar-refractivity contribution < 1.29 is 9.53 Å². The van der Waals surface area contributed by atoms with E-state index in [0.29, 0.717) is 13.2 Å². The Labute approximate surface area is 141 Å².